The lowest BCUT2D eigenvalue weighted by Crippen LogP contribution is -2.55. The summed E-state index contributed by atoms with van der Waals surface area (Å²) in [6.07, 6.45) is 6.76. The molecule has 314 valence electrons. The molecule has 0 radical (unpaired) electrons. The van der Waals surface area contributed by atoms with Crippen LogP contribution in [0.15, 0.2) is 170 Å². The summed E-state index contributed by atoms with van der Waals surface area (Å²) in [6.45, 7) is 13.8. The predicted molar refractivity (Wildman–Crippen MR) is 272 cm³/mol. The topological polar surface area (TPSA) is 3.24 Å². The van der Waals surface area contributed by atoms with Crippen molar-refractivity contribution in [2.75, 3.05) is 4.90 Å². The van der Waals surface area contributed by atoms with Crippen LogP contribution in [0.1, 0.15) is 76.6 Å². The second-order valence-corrected chi connectivity index (χ2v) is 20.8. The molecule has 2 bridgehead atoms. The van der Waals surface area contributed by atoms with Crippen molar-refractivity contribution < 1.29 is 0 Å². The maximum atomic E-state index is 2.54. The molecule has 12 rings (SSSR count). The zero-order valence-electron chi connectivity index (χ0n) is 38.4. The van der Waals surface area contributed by atoms with Crippen molar-refractivity contribution in [3.8, 4) is 11.1 Å². The SMILES string of the molecule is Cc1cc(C)c(B(c2cccc(-c3ccc(C45CC6(c7ccc(N(c8ccccc8)c8cccc9ccccc89)cc7)CC7CC4(C5)C7C6)cc3)c2)c2c(C)cc(C)cc2C)c(C)c1. The largest absolute Gasteiger partial charge is 0.310 e. The van der Waals surface area contributed by atoms with Gasteiger partial charge in [-0.1, -0.05) is 189 Å². The van der Waals surface area contributed by atoms with Gasteiger partial charge in [-0.3, -0.25) is 0 Å². The van der Waals surface area contributed by atoms with E-state index in [1.165, 1.54) is 121 Å². The number of nitrogens with zero attached hydrogens (tertiary/aromatic N) is 1. The van der Waals surface area contributed by atoms with Gasteiger partial charge in [0.1, 0.15) is 0 Å². The van der Waals surface area contributed by atoms with E-state index < -0.39 is 0 Å². The quantitative estimate of drug-likeness (QED) is 0.131. The van der Waals surface area contributed by atoms with Gasteiger partial charge in [-0.2, -0.15) is 0 Å². The fraction of sp³-hybridized carbons (Fsp3) is 0.258. The van der Waals surface area contributed by atoms with Crippen LogP contribution in [-0.2, 0) is 10.8 Å². The van der Waals surface area contributed by atoms with Gasteiger partial charge < -0.3 is 4.90 Å². The van der Waals surface area contributed by atoms with Crippen molar-refractivity contribution in [1.82, 2.24) is 0 Å². The van der Waals surface area contributed by atoms with Crippen molar-refractivity contribution in [2.45, 2.75) is 84.5 Å². The van der Waals surface area contributed by atoms with Crippen molar-refractivity contribution in [3.05, 3.63) is 214 Å². The summed E-state index contributed by atoms with van der Waals surface area (Å²) in [6, 6.07) is 65.1. The third-order valence-electron chi connectivity index (χ3n) is 17.1. The molecule has 0 N–H and O–H groups in total. The summed E-state index contributed by atoms with van der Waals surface area (Å²) >= 11 is 0. The lowest BCUT2D eigenvalue weighted by Gasteiger charge is -2.49. The van der Waals surface area contributed by atoms with Crippen LogP contribution >= 0.6 is 0 Å². The number of rotatable bonds is 9. The number of fused-ring (bicyclic) bond motifs is 2. The molecule has 0 aromatic heterocycles. The molecule has 8 aromatic rings. The van der Waals surface area contributed by atoms with Crippen LogP contribution in [0, 0.1) is 58.8 Å². The molecular formula is C62H58BN. The maximum absolute atomic E-state index is 2.54. The number of anilines is 3. The first-order valence-electron chi connectivity index (χ1n) is 23.9. The Morgan fingerprint density at radius 2 is 1.08 bits per heavy atom. The average molecular weight is 828 g/mol. The Hall–Kier alpha value is -6.12. The standard InChI is InChI=1S/C62H58BN/c1-40-30-42(3)58(43(4)31-40)63(59-44(5)32-41(2)33-45(59)6)52-17-12-16-48(34-52)46-22-24-51(25-23-46)62-38-60(35-49-36-61(62,39-62)56(49)37-60)50-26-28-54(29-27-50)64(53-18-8-7-9-19-53)57-21-13-15-47-14-10-11-20-55(47)57/h7-34,49,56H,35-39H2,1-6H3. The summed E-state index contributed by atoms with van der Waals surface area (Å²) in [5.74, 6) is 1.73. The van der Waals surface area contributed by atoms with E-state index in [2.05, 4.69) is 216 Å². The first kappa shape index (κ1) is 39.5. The molecule has 0 heterocycles. The first-order chi connectivity index (χ1) is 31.1. The molecule has 4 saturated carbocycles. The molecule has 1 spiro atoms. The predicted octanol–water partition coefficient (Wildman–Crippen LogP) is 13.7. The normalized spacial score (nSPS) is 23.7. The van der Waals surface area contributed by atoms with Crippen molar-refractivity contribution in [1.29, 1.82) is 0 Å². The molecule has 5 atom stereocenters. The highest BCUT2D eigenvalue weighted by atomic mass is 15.1. The molecule has 4 aliphatic rings. The lowest BCUT2D eigenvalue weighted by atomic mass is 9.34. The Morgan fingerprint density at radius 1 is 0.484 bits per heavy atom. The number of aryl methyl sites for hydroxylation is 6. The Balaban J connectivity index is 0.869. The number of hydrogen-bond donors (Lipinski definition) is 0. The van der Waals surface area contributed by atoms with Crippen LogP contribution in [0.5, 0.6) is 0 Å². The zero-order valence-corrected chi connectivity index (χ0v) is 38.4. The molecule has 4 fully saturated rings. The minimum atomic E-state index is 0.166. The van der Waals surface area contributed by atoms with Gasteiger partial charge in [-0.05, 0) is 154 Å². The summed E-state index contributed by atoms with van der Waals surface area (Å²) in [5.41, 5.74) is 22.8. The average Bonchev–Trinajstić information content (AvgIpc) is 3.94. The van der Waals surface area contributed by atoms with Gasteiger partial charge in [0.25, 0.3) is 0 Å². The highest BCUT2D eigenvalue weighted by molar-refractivity contribution is 6.96. The molecule has 0 aliphatic heterocycles. The Kier molecular flexibility index (Phi) is 8.91. The smallest absolute Gasteiger partial charge is 0.242 e. The summed E-state index contributed by atoms with van der Waals surface area (Å²) in [5, 5.41) is 2.53. The summed E-state index contributed by atoms with van der Waals surface area (Å²) < 4.78 is 0. The van der Waals surface area contributed by atoms with E-state index in [4.69, 9.17) is 0 Å². The van der Waals surface area contributed by atoms with Crippen LogP contribution in [0.4, 0.5) is 17.1 Å². The molecule has 1 nitrogen and oxygen atoms in total. The van der Waals surface area contributed by atoms with E-state index in [0.717, 1.165) is 11.8 Å². The van der Waals surface area contributed by atoms with E-state index in [9.17, 15) is 0 Å². The van der Waals surface area contributed by atoms with Crippen molar-refractivity contribution in [2.24, 2.45) is 17.3 Å². The van der Waals surface area contributed by atoms with E-state index in [1.54, 1.807) is 11.1 Å². The zero-order chi connectivity index (χ0) is 43.5. The van der Waals surface area contributed by atoms with Crippen molar-refractivity contribution >= 4 is 50.9 Å². The van der Waals surface area contributed by atoms with Crippen LogP contribution in [0.25, 0.3) is 21.9 Å². The first-order valence-corrected chi connectivity index (χ1v) is 23.9. The minimum Gasteiger partial charge on any atom is -0.310 e. The second kappa shape index (κ2) is 14.4. The second-order valence-electron chi connectivity index (χ2n) is 20.8. The molecule has 5 unspecified atom stereocenters. The van der Waals surface area contributed by atoms with E-state index in [0.29, 0.717) is 5.41 Å². The summed E-state index contributed by atoms with van der Waals surface area (Å²) in [4.78, 5) is 2.45. The van der Waals surface area contributed by atoms with E-state index in [1.807, 2.05) is 0 Å². The fourth-order valence-electron chi connectivity index (χ4n) is 14.7. The summed E-state index contributed by atoms with van der Waals surface area (Å²) in [7, 11) is 0. The van der Waals surface area contributed by atoms with Crippen LogP contribution in [0.3, 0.4) is 0 Å². The van der Waals surface area contributed by atoms with Gasteiger partial charge in [-0.15, -0.1) is 0 Å². The van der Waals surface area contributed by atoms with Crippen LogP contribution in [-0.4, -0.2) is 6.71 Å². The van der Waals surface area contributed by atoms with Gasteiger partial charge in [0.15, 0.2) is 0 Å². The van der Waals surface area contributed by atoms with E-state index in [-0.39, 0.29) is 17.5 Å². The molecule has 0 saturated heterocycles. The molecular weight excluding hydrogens is 770 g/mol. The molecule has 8 aromatic carbocycles. The van der Waals surface area contributed by atoms with E-state index >= 15 is 0 Å². The monoisotopic (exact) mass is 827 g/mol. The third kappa shape index (κ3) is 5.90. The highest BCUT2D eigenvalue weighted by Gasteiger charge is 2.83. The van der Waals surface area contributed by atoms with Crippen LogP contribution in [0.2, 0.25) is 0 Å². The lowest BCUT2D eigenvalue weighted by molar-refractivity contribution is 0.0415. The number of para-hydroxylation sites is 1. The van der Waals surface area contributed by atoms with Gasteiger partial charge in [0.2, 0.25) is 6.71 Å². The van der Waals surface area contributed by atoms with Crippen molar-refractivity contribution in [3.63, 3.8) is 0 Å². The highest BCUT2D eigenvalue weighted by Crippen LogP contribution is 2.89. The molecule has 64 heavy (non-hydrogen) atoms. The van der Waals surface area contributed by atoms with Gasteiger partial charge in [0, 0.05) is 22.2 Å². The van der Waals surface area contributed by atoms with Crippen LogP contribution < -0.4 is 21.3 Å². The van der Waals surface area contributed by atoms with Gasteiger partial charge in [0.05, 0.1) is 5.69 Å². The minimum absolute atomic E-state index is 0.166. The van der Waals surface area contributed by atoms with Gasteiger partial charge in [-0.25, -0.2) is 0 Å². The Morgan fingerprint density at radius 3 is 1.77 bits per heavy atom. The Bertz CT molecular complexity index is 3020. The maximum Gasteiger partial charge on any atom is 0.242 e. The fourth-order valence-corrected chi connectivity index (χ4v) is 14.7. The molecule has 2 heteroatoms. The molecule has 4 aliphatic carbocycles. The number of hydrogen-bond acceptors (Lipinski definition) is 1. The Labute approximate surface area is 381 Å². The van der Waals surface area contributed by atoms with Gasteiger partial charge >= 0.3 is 0 Å². The molecule has 0 amide bonds. The number of benzene rings is 8. The third-order valence-corrected chi connectivity index (χ3v) is 17.1.